The van der Waals surface area contributed by atoms with Crippen LogP contribution in [0.5, 0.6) is 0 Å². The molecule has 0 saturated heterocycles. The van der Waals surface area contributed by atoms with Gasteiger partial charge in [0.05, 0.1) is 17.7 Å². The largest absolute Gasteiger partial charge is 0.481 e. The summed E-state index contributed by atoms with van der Waals surface area (Å²) in [5, 5.41) is 8.55. The molecule has 0 radical (unpaired) electrons. The summed E-state index contributed by atoms with van der Waals surface area (Å²) in [4.78, 5) is 14.2. The van der Waals surface area contributed by atoms with E-state index in [1.165, 1.54) is 6.20 Å². The predicted octanol–water partition coefficient (Wildman–Crippen LogP) is 2.56. The Balaban J connectivity index is 3.26. The van der Waals surface area contributed by atoms with E-state index in [4.69, 9.17) is 5.11 Å². The molecule has 6 heteroatoms. The molecule has 0 aliphatic rings. The lowest BCUT2D eigenvalue weighted by Gasteiger charge is -2.10. The highest BCUT2D eigenvalue weighted by atomic mass is 127. The van der Waals surface area contributed by atoms with Crippen molar-refractivity contribution in [2.45, 2.75) is 19.8 Å². The van der Waals surface area contributed by atoms with Crippen LogP contribution in [-0.2, 0) is 11.2 Å². The van der Waals surface area contributed by atoms with Gasteiger partial charge in [0.25, 0.3) is 6.43 Å². The summed E-state index contributed by atoms with van der Waals surface area (Å²) in [6.07, 6.45) is -1.76. The van der Waals surface area contributed by atoms with E-state index in [-0.39, 0.29) is 11.3 Å². The minimum Gasteiger partial charge on any atom is -0.481 e. The van der Waals surface area contributed by atoms with E-state index in [2.05, 4.69) is 4.98 Å². The molecule has 0 saturated carbocycles. The van der Waals surface area contributed by atoms with Crippen molar-refractivity contribution in [2.24, 2.45) is 0 Å². The number of rotatable bonds is 3. The third-order valence-electron chi connectivity index (χ3n) is 1.84. The first-order valence-electron chi connectivity index (χ1n) is 4.07. The Morgan fingerprint density at radius 2 is 2.27 bits per heavy atom. The molecule has 0 bridgehead atoms. The molecule has 0 aliphatic heterocycles. The molecular formula is C9H8F2INO2. The number of halogens is 3. The molecule has 0 fully saturated rings. The minimum absolute atomic E-state index is 0.0625. The fraction of sp³-hybridized carbons (Fsp3) is 0.333. The highest BCUT2D eigenvalue weighted by Crippen LogP contribution is 2.29. The molecule has 1 aromatic rings. The van der Waals surface area contributed by atoms with Crippen LogP contribution in [0.1, 0.15) is 23.2 Å². The summed E-state index contributed by atoms with van der Waals surface area (Å²) in [5.74, 6) is -1.16. The maximum Gasteiger partial charge on any atom is 0.309 e. The van der Waals surface area contributed by atoms with Gasteiger partial charge in [-0.05, 0) is 35.1 Å². The number of hydrogen-bond donors (Lipinski definition) is 1. The lowest BCUT2D eigenvalue weighted by molar-refractivity contribution is -0.136. The first kappa shape index (κ1) is 12.3. The Morgan fingerprint density at radius 3 is 2.73 bits per heavy atom. The summed E-state index contributed by atoms with van der Waals surface area (Å²) in [6.45, 7) is 1.66. The molecular weight excluding hydrogens is 319 g/mol. The highest BCUT2D eigenvalue weighted by Gasteiger charge is 2.20. The lowest BCUT2D eigenvalue weighted by Crippen LogP contribution is -2.09. The van der Waals surface area contributed by atoms with Gasteiger partial charge in [-0.15, -0.1) is 0 Å². The van der Waals surface area contributed by atoms with Crippen LogP contribution in [0.15, 0.2) is 6.20 Å². The zero-order valence-corrected chi connectivity index (χ0v) is 9.96. The molecule has 15 heavy (non-hydrogen) atoms. The van der Waals surface area contributed by atoms with E-state index in [0.717, 1.165) is 0 Å². The minimum atomic E-state index is -2.70. The highest BCUT2D eigenvalue weighted by molar-refractivity contribution is 14.1. The Hall–Kier alpha value is -0.790. The van der Waals surface area contributed by atoms with E-state index in [1.54, 1.807) is 29.5 Å². The molecule has 3 nitrogen and oxygen atoms in total. The second-order valence-corrected chi connectivity index (χ2v) is 4.07. The number of alkyl halides is 2. The zero-order valence-electron chi connectivity index (χ0n) is 7.80. The number of nitrogens with zero attached hydrogens (tertiary/aromatic N) is 1. The van der Waals surface area contributed by atoms with Crippen LogP contribution in [0.4, 0.5) is 8.78 Å². The number of aryl methyl sites for hydroxylation is 1. The molecule has 82 valence electrons. The van der Waals surface area contributed by atoms with E-state index in [1.807, 2.05) is 0 Å². The molecule has 0 atom stereocenters. The number of hydrogen-bond acceptors (Lipinski definition) is 2. The maximum absolute atomic E-state index is 12.7. The van der Waals surface area contributed by atoms with Crippen LogP contribution >= 0.6 is 22.6 Å². The van der Waals surface area contributed by atoms with Crippen LogP contribution in [0.3, 0.4) is 0 Å². The van der Waals surface area contributed by atoms with Gasteiger partial charge in [0.2, 0.25) is 0 Å². The van der Waals surface area contributed by atoms with Crippen LogP contribution in [0.25, 0.3) is 0 Å². The summed E-state index contributed by atoms with van der Waals surface area (Å²) in [5.41, 5.74) is 0.297. The zero-order chi connectivity index (χ0) is 11.6. The molecule has 1 rings (SSSR count). The van der Waals surface area contributed by atoms with E-state index < -0.39 is 18.8 Å². The van der Waals surface area contributed by atoms with E-state index in [0.29, 0.717) is 9.13 Å². The average Bonchev–Trinajstić information content (AvgIpc) is 2.10. The van der Waals surface area contributed by atoms with Gasteiger partial charge in [-0.3, -0.25) is 9.78 Å². The summed E-state index contributed by atoms with van der Waals surface area (Å²) >= 11 is 1.78. The standard InChI is InChI=1S/C9H8F2INO2/c1-4-3-13-5(2-6(14)15)7(8(4)12)9(10)11/h3,9H,2H2,1H3,(H,14,15). The van der Waals surface area contributed by atoms with Gasteiger partial charge < -0.3 is 5.11 Å². The molecule has 0 unspecified atom stereocenters. The molecule has 0 amide bonds. The summed E-state index contributed by atoms with van der Waals surface area (Å²) in [7, 11) is 0. The van der Waals surface area contributed by atoms with Gasteiger partial charge in [0.1, 0.15) is 0 Å². The van der Waals surface area contributed by atoms with Gasteiger partial charge in [-0.25, -0.2) is 8.78 Å². The SMILES string of the molecule is Cc1cnc(CC(=O)O)c(C(F)F)c1I. The van der Waals surface area contributed by atoms with Crippen molar-refractivity contribution in [1.82, 2.24) is 4.98 Å². The number of carbonyl (C=O) groups is 1. The Bertz CT molecular complexity index is 396. The summed E-state index contributed by atoms with van der Waals surface area (Å²) in [6, 6.07) is 0. The first-order chi connectivity index (χ1) is 6.93. The van der Waals surface area contributed by atoms with E-state index in [9.17, 15) is 13.6 Å². The fourth-order valence-corrected chi connectivity index (χ4v) is 1.83. The number of carboxylic acid groups (broad SMARTS) is 1. The van der Waals surface area contributed by atoms with Crippen molar-refractivity contribution in [3.63, 3.8) is 0 Å². The Kier molecular flexibility index (Phi) is 3.95. The van der Waals surface area contributed by atoms with Gasteiger partial charge >= 0.3 is 5.97 Å². The smallest absolute Gasteiger partial charge is 0.309 e. The number of carboxylic acids is 1. The van der Waals surface area contributed by atoms with Gasteiger partial charge in [0.15, 0.2) is 0 Å². The van der Waals surface area contributed by atoms with Crippen molar-refractivity contribution >= 4 is 28.6 Å². The second kappa shape index (κ2) is 4.82. The van der Waals surface area contributed by atoms with Crippen LogP contribution in [0.2, 0.25) is 0 Å². The van der Waals surface area contributed by atoms with Crippen molar-refractivity contribution in [1.29, 1.82) is 0 Å². The molecule has 0 aromatic carbocycles. The number of aliphatic carboxylic acids is 1. The summed E-state index contributed by atoms with van der Waals surface area (Å²) < 4.78 is 25.7. The average molecular weight is 327 g/mol. The molecule has 0 aliphatic carbocycles. The normalized spacial score (nSPS) is 10.7. The number of aromatic nitrogens is 1. The van der Waals surface area contributed by atoms with Gasteiger partial charge in [-0.1, -0.05) is 0 Å². The Labute approximate surface area is 98.7 Å². The van der Waals surface area contributed by atoms with Crippen LogP contribution in [-0.4, -0.2) is 16.1 Å². The van der Waals surface area contributed by atoms with Crippen molar-refractivity contribution < 1.29 is 18.7 Å². The lowest BCUT2D eigenvalue weighted by atomic mass is 10.1. The van der Waals surface area contributed by atoms with Crippen LogP contribution < -0.4 is 0 Å². The van der Waals surface area contributed by atoms with Crippen LogP contribution in [0, 0.1) is 10.5 Å². The second-order valence-electron chi connectivity index (χ2n) is 2.99. The molecule has 0 spiro atoms. The number of pyridine rings is 1. The maximum atomic E-state index is 12.7. The topological polar surface area (TPSA) is 50.2 Å². The fourth-order valence-electron chi connectivity index (χ4n) is 1.15. The first-order valence-corrected chi connectivity index (χ1v) is 5.15. The molecule has 1 aromatic heterocycles. The third-order valence-corrected chi connectivity index (χ3v) is 3.28. The van der Waals surface area contributed by atoms with Crippen molar-refractivity contribution in [2.75, 3.05) is 0 Å². The monoisotopic (exact) mass is 327 g/mol. The molecule has 1 N–H and O–H groups in total. The van der Waals surface area contributed by atoms with Gasteiger partial charge in [0, 0.05) is 9.77 Å². The predicted molar refractivity (Wildman–Crippen MR) is 58.0 cm³/mol. The quantitative estimate of drug-likeness (QED) is 0.868. The van der Waals surface area contributed by atoms with Gasteiger partial charge in [-0.2, -0.15) is 0 Å². The van der Waals surface area contributed by atoms with Crippen molar-refractivity contribution in [3.8, 4) is 0 Å². The third kappa shape index (κ3) is 2.83. The molecule has 1 heterocycles. The van der Waals surface area contributed by atoms with Crippen molar-refractivity contribution in [3.05, 3.63) is 26.6 Å². The Morgan fingerprint density at radius 1 is 1.67 bits per heavy atom. The van der Waals surface area contributed by atoms with E-state index >= 15 is 0 Å².